The van der Waals surface area contributed by atoms with Crippen molar-refractivity contribution in [2.24, 2.45) is 0 Å². The van der Waals surface area contributed by atoms with Crippen LogP contribution < -0.4 is 4.90 Å². The number of rotatable bonds is 6. The summed E-state index contributed by atoms with van der Waals surface area (Å²) in [4.78, 5) is 21.1. The fourth-order valence-corrected chi connectivity index (χ4v) is 4.65. The third kappa shape index (κ3) is 5.09. The summed E-state index contributed by atoms with van der Waals surface area (Å²) < 4.78 is 18.1. The van der Waals surface area contributed by atoms with Crippen molar-refractivity contribution >= 4 is 34.1 Å². The van der Waals surface area contributed by atoms with E-state index in [-0.39, 0.29) is 11.7 Å². The molecule has 2 aromatic heterocycles. The standard InChI is InChI=1S/C22H22ClN3O3S/c23-18-6-4-17(5-7-18)15-30(28)16-19-8-9-20(29-19)22(27)26-13-11-25(12-14-26)21-3-1-2-10-24-21/h1-10H,11-16H2/t30-/m1/s1. The second-order valence-electron chi connectivity index (χ2n) is 7.09. The van der Waals surface area contributed by atoms with E-state index in [2.05, 4.69) is 9.88 Å². The van der Waals surface area contributed by atoms with Gasteiger partial charge in [0, 0.05) is 54.0 Å². The molecular weight excluding hydrogens is 422 g/mol. The summed E-state index contributed by atoms with van der Waals surface area (Å²) in [6.07, 6.45) is 1.77. The summed E-state index contributed by atoms with van der Waals surface area (Å²) in [5, 5.41) is 0.652. The minimum atomic E-state index is -1.13. The number of hydrogen-bond donors (Lipinski definition) is 0. The second kappa shape index (κ2) is 9.45. The van der Waals surface area contributed by atoms with Crippen molar-refractivity contribution < 1.29 is 13.4 Å². The molecule has 1 aliphatic rings. The van der Waals surface area contributed by atoms with Crippen molar-refractivity contribution in [2.75, 3.05) is 31.1 Å². The van der Waals surface area contributed by atoms with Crippen molar-refractivity contribution in [3.05, 3.63) is 82.9 Å². The number of benzene rings is 1. The Bertz CT molecular complexity index is 1020. The van der Waals surface area contributed by atoms with Gasteiger partial charge in [-0.3, -0.25) is 9.00 Å². The van der Waals surface area contributed by atoms with Gasteiger partial charge in [0.15, 0.2) is 5.76 Å². The molecule has 1 amide bonds. The van der Waals surface area contributed by atoms with Gasteiger partial charge in [0.1, 0.15) is 11.6 Å². The summed E-state index contributed by atoms with van der Waals surface area (Å²) >= 11 is 5.88. The lowest BCUT2D eigenvalue weighted by atomic mass is 10.2. The first-order valence-corrected chi connectivity index (χ1v) is 11.6. The molecule has 0 aliphatic carbocycles. The van der Waals surface area contributed by atoms with E-state index in [1.165, 1.54) is 0 Å². The zero-order chi connectivity index (χ0) is 20.9. The summed E-state index contributed by atoms with van der Waals surface area (Å²) in [5.74, 6) is 2.32. The first kappa shape index (κ1) is 20.6. The minimum absolute atomic E-state index is 0.134. The van der Waals surface area contributed by atoms with Gasteiger partial charge in [-0.15, -0.1) is 0 Å². The van der Waals surface area contributed by atoms with Crippen LogP contribution in [0, 0.1) is 0 Å². The number of anilines is 1. The van der Waals surface area contributed by atoms with Gasteiger partial charge in [0.2, 0.25) is 0 Å². The van der Waals surface area contributed by atoms with Crippen LogP contribution in [0.2, 0.25) is 5.02 Å². The number of amides is 1. The van der Waals surface area contributed by atoms with Gasteiger partial charge < -0.3 is 14.2 Å². The molecule has 0 N–H and O–H groups in total. The van der Waals surface area contributed by atoms with Crippen LogP contribution in [0.15, 0.2) is 65.2 Å². The van der Waals surface area contributed by atoms with E-state index in [4.69, 9.17) is 16.0 Å². The molecule has 6 nitrogen and oxygen atoms in total. The molecule has 1 atom stereocenters. The Balaban J connectivity index is 1.31. The van der Waals surface area contributed by atoms with Crippen LogP contribution in [0.3, 0.4) is 0 Å². The minimum Gasteiger partial charge on any atom is -0.455 e. The number of halogens is 1. The molecule has 8 heteroatoms. The van der Waals surface area contributed by atoms with E-state index >= 15 is 0 Å². The maximum absolute atomic E-state index is 12.8. The molecule has 1 fully saturated rings. The molecule has 1 saturated heterocycles. The van der Waals surface area contributed by atoms with Crippen molar-refractivity contribution in [1.29, 1.82) is 0 Å². The first-order chi connectivity index (χ1) is 14.6. The molecule has 0 radical (unpaired) electrons. The van der Waals surface area contributed by atoms with E-state index < -0.39 is 10.8 Å². The van der Waals surface area contributed by atoms with Gasteiger partial charge >= 0.3 is 0 Å². The SMILES string of the molecule is O=C(c1ccc(C[S@](=O)Cc2ccc(Cl)cc2)o1)N1CCN(c2ccccn2)CC1. The molecule has 3 aromatic rings. The van der Waals surface area contributed by atoms with Crippen LogP contribution in [0.4, 0.5) is 5.82 Å². The molecule has 30 heavy (non-hydrogen) atoms. The quantitative estimate of drug-likeness (QED) is 0.580. The number of piperazine rings is 1. The number of nitrogens with zero attached hydrogens (tertiary/aromatic N) is 3. The molecular formula is C22H22ClN3O3S. The van der Waals surface area contributed by atoms with Gasteiger partial charge in [0.05, 0.1) is 5.75 Å². The molecule has 4 rings (SSSR count). The van der Waals surface area contributed by atoms with Crippen LogP contribution in [-0.4, -0.2) is 46.2 Å². The maximum Gasteiger partial charge on any atom is 0.289 e. The summed E-state index contributed by atoms with van der Waals surface area (Å²) in [6.45, 7) is 2.66. The lowest BCUT2D eigenvalue weighted by Crippen LogP contribution is -2.49. The van der Waals surface area contributed by atoms with Crippen LogP contribution in [0.1, 0.15) is 21.9 Å². The molecule has 156 valence electrons. The largest absolute Gasteiger partial charge is 0.455 e. The summed E-state index contributed by atoms with van der Waals surface area (Å²) in [6, 6.07) is 16.5. The smallest absolute Gasteiger partial charge is 0.289 e. The number of furan rings is 1. The number of aromatic nitrogens is 1. The number of carbonyl (C=O) groups excluding carboxylic acids is 1. The third-order valence-electron chi connectivity index (χ3n) is 4.96. The van der Waals surface area contributed by atoms with Gasteiger partial charge in [0.25, 0.3) is 5.91 Å². The monoisotopic (exact) mass is 443 g/mol. The second-order valence-corrected chi connectivity index (χ2v) is 8.98. The normalized spacial score (nSPS) is 15.2. The van der Waals surface area contributed by atoms with Crippen LogP contribution in [0.5, 0.6) is 0 Å². The number of pyridine rings is 1. The van der Waals surface area contributed by atoms with Crippen molar-refractivity contribution in [3.63, 3.8) is 0 Å². The van der Waals surface area contributed by atoms with E-state index in [1.54, 1.807) is 35.4 Å². The topological polar surface area (TPSA) is 66.7 Å². The highest BCUT2D eigenvalue weighted by Crippen LogP contribution is 2.18. The molecule has 1 aliphatic heterocycles. The Labute approximate surface area is 182 Å². The average Bonchev–Trinajstić information content (AvgIpc) is 3.24. The lowest BCUT2D eigenvalue weighted by Gasteiger charge is -2.34. The maximum atomic E-state index is 12.8. The van der Waals surface area contributed by atoms with Crippen molar-refractivity contribution in [1.82, 2.24) is 9.88 Å². The molecule has 0 unspecified atom stereocenters. The zero-order valence-electron chi connectivity index (χ0n) is 16.4. The number of carbonyl (C=O) groups is 1. The Kier molecular flexibility index (Phi) is 6.50. The van der Waals surface area contributed by atoms with E-state index in [1.807, 2.05) is 30.3 Å². The molecule has 0 saturated carbocycles. The van der Waals surface area contributed by atoms with Gasteiger partial charge in [-0.1, -0.05) is 29.8 Å². The van der Waals surface area contributed by atoms with Gasteiger partial charge in [-0.05, 0) is 42.0 Å². The fourth-order valence-electron chi connectivity index (χ4n) is 3.38. The molecule has 0 spiro atoms. The third-order valence-corrected chi connectivity index (χ3v) is 6.47. The van der Waals surface area contributed by atoms with Crippen molar-refractivity contribution in [3.8, 4) is 0 Å². The Morgan fingerprint density at radius 3 is 2.47 bits per heavy atom. The van der Waals surface area contributed by atoms with Crippen LogP contribution in [-0.2, 0) is 22.3 Å². The predicted molar refractivity (Wildman–Crippen MR) is 118 cm³/mol. The van der Waals surface area contributed by atoms with Gasteiger partial charge in [-0.25, -0.2) is 4.98 Å². The van der Waals surface area contributed by atoms with Crippen molar-refractivity contribution in [2.45, 2.75) is 11.5 Å². The highest BCUT2D eigenvalue weighted by atomic mass is 35.5. The fraction of sp³-hybridized carbons (Fsp3) is 0.273. The predicted octanol–water partition coefficient (Wildman–Crippen LogP) is 3.74. The van der Waals surface area contributed by atoms with Crippen LogP contribution >= 0.6 is 11.6 Å². The molecule has 3 heterocycles. The average molecular weight is 444 g/mol. The van der Waals surface area contributed by atoms with E-state index in [0.717, 1.165) is 24.5 Å². The summed E-state index contributed by atoms with van der Waals surface area (Å²) in [7, 11) is -1.13. The highest BCUT2D eigenvalue weighted by molar-refractivity contribution is 7.83. The highest BCUT2D eigenvalue weighted by Gasteiger charge is 2.25. The van der Waals surface area contributed by atoms with Crippen LogP contribution in [0.25, 0.3) is 0 Å². The first-order valence-electron chi connectivity index (χ1n) is 9.72. The lowest BCUT2D eigenvalue weighted by molar-refractivity contribution is 0.0713. The zero-order valence-corrected chi connectivity index (χ0v) is 17.9. The Hall–Kier alpha value is -2.64. The summed E-state index contributed by atoms with van der Waals surface area (Å²) in [5.41, 5.74) is 0.950. The Morgan fingerprint density at radius 2 is 1.77 bits per heavy atom. The number of hydrogen-bond acceptors (Lipinski definition) is 5. The Morgan fingerprint density at radius 1 is 1.00 bits per heavy atom. The molecule has 0 bridgehead atoms. The van der Waals surface area contributed by atoms with E-state index in [0.29, 0.717) is 35.4 Å². The molecule has 1 aromatic carbocycles. The van der Waals surface area contributed by atoms with E-state index in [9.17, 15) is 9.00 Å². The van der Waals surface area contributed by atoms with Gasteiger partial charge in [-0.2, -0.15) is 0 Å².